The molecule has 2 aromatic rings. The average Bonchev–Trinajstić information content (AvgIpc) is 2.56. The minimum Gasteiger partial charge on any atom is -0.496 e. The maximum atomic E-state index is 13.0. The molecule has 8 heteroatoms. The summed E-state index contributed by atoms with van der Waals surface area (Å²) in [5, 5.41) is 3.10. The summed E-state index contributed by atoms with van der Waals surface area (Å²) in [4.78, 5) is 11.4. The van der Waals surface area contributed by atoms with Gasteiger partial charge in [-0.05, 0) is 42.8 Å². The Balaban J connectivity index is 2.38. The molecule has 0 aromatic heterocycles. The van der Waals surface area contributed by atoms with Crippen molar-refractivity contribution in [2.24, 2.45) is 0 Å². The molecule has 26 heavy (non-hydrogen) atoms. The zero-order valence-corrected chi connectivity index (χ0v) is 16.6. The molecule has 140 valence electrons. The van der Waals surface area contributed by atoms with Crippen LogP contribution in [-0.4, -0.2) is 32.8 Å². The van der Waals surface area contributed by atoms with Gasteiger partial charge in [0.25, 0.3) is 0 Å². The van der Waals surface area contributed by atoms with Crippen molar-refractivity contribution >= 4 is 33.2 Å². The molecule has 6 nitrogen and oxygen atoms in total. The Morgan fingerprint density at radius 1 is 1.23 bits per heavy atom. The highest BCUT2D eigenvalue weighted by molar-refractivity contribution is 7.89. The second-order valence-corrected chi connectivity index (χ2v) is 8.33. The van der Waals surface area contributed by atoms with E-state index in [2.05, 4.69) is 5.32 Å². The quantitative estimate of drug-likeness (QED) is 0.811. The van der Waals surface area contributed by atoms with Crippen LogP contribution in [0.1, 0.15) is 18.1 Å². The minimum absolute atomic E-state index is 0.0931. The van der Waals surface area contributed by atoms with E-state index in [4.69, 9.17) is 16.3 Å². The first kappa shape index (κ1) is 20.2. The van der Waals surface area contributed by atoms with Gasteiger partial charge in [-0.2, -0.15) is 4.31 Å². The molecular weight excluding hydrogens is 376 g/mol. The number of halogens is 1. The van der Waals surface area contributed by atoms with Gasteiger partial charge < -0.3 is 10.1 Å². The van der Waals surface area contributed by atoms with Crippen molar-refractivity contribution in [3.8, 4) is 5.75 Å². The van der Waals surface area contributed by atoms with E-state index in [1.807, 2.05) is 0 Å². The Morgan fingerprint density at radius 2 is 1.92 bits per heavy atom. The molecule has 0 fully saturated rings. The number of sulfonamides is 1. The number of carbonyl (C=O) groups excluding carboxylic acids is 1. The number of methoxy groups -OCH3 is 1. The van der Waals surface area contributed by atoms with E-state index in [0.29, 0.717) is 27.6 Å². The fourth-order valence-electron chi connectivity index (χ4n) is 2.52. The summed E-state index contributed by atoms with van der Waals surface area (Å²) in [6.07, 6.45) is 0. The van der Waals surface area contributed by atoms with E-state index in [-0.39, 0.29) is 17.3 Å². The molecule has 0 radical (unpaired) electrons. The molecule has 0 aliphatic carbocycles. The van der Waals surface area contributed by atoms with Crippen molar-refractivity contribution in [1.29, 1.82) is 0 Å². The maximum absolute atomic E-state index is 13.0. The molecule has 1 amide bonds. The third kappa shape index (κ3) is 4.55. The lowest BCUT2D eigenvalue weighted by Gasteiger charge is -2.20. The van der Waals surface area contributed by atoms with Crippen molar-refractivity contribution < 1.29 is 17.9 Å². The molecule has 2 aromatic carbocycles. The summed E-state index contributed by atoms with van der Waals surface area (Å²) >= 11 is 6.02. The summed E-state index contributed by atoms with van der Waals surface area (Å²) in [6.45, 7) is 3.17. The van der Waals surface area contributed by atoms with Crippen LogP contribution in [0.25, 0.3) is 0 Å². The van der Waals surface area contributed by atoms with Gasteiger partial charge >= 0.3 is 0 Å². The number of hydrogen-bond acceptors (Lipinski definition) is 4. The number of carbonyl (C=O) groups is 1. The number of benzene rings is 2. The van der Waals surface area contributed by atoms with Gasteiger partial charge in [0, 0.05) is 36.8 Å². The zero-order valence-electron chi connectivity index (χ0n) is 15.0. The predicted molar refractivity (Wildman–Crippen MR) is 102 cm³/mol. The Kier molecular flexibility index (Phi) is 6.28. The van der Waals surface area contributed by atoms with Crippen LogP contribution in [0, 0.1) is 6.92 Å². The Labute approximate surface area is 158 Å². The number of aryl methyl sites for hydroxylation is 1. The number of anilines is 1. The lowest BCUT2D eigenvalue weighted by molar-refractivity contribution is -0.114. The van der Waals surface area contributed by atoms with E-state index in [0.717, 1.165) is 0 Å². The zero-order chi connectivity index (χ0) is 19.5. The first-order valence-electron chi connectivity index (χ1n) is 7.82. The highest BCUT2D eigenvalue weighted by Crippen LogP contribution is 2.28. The lowest BCUT2D eigenvalue weighted by atomic mass is 10.2. The van der Waals surface area contributed by atoms with Crippen LogP contribution < -0.4 is 10.1 Å². The lowest BCUT2D eigenvalue weighted by Crippen LogP contribution is -2.27. The summed E-state index contributed by atoms with van der Waals surface area (Å²) in [7, 11) is -0.778. The smallest absolute Gasteiger partial charge is 0.243 e. The van der Waals surface area contributed by atoms with Gasteiger partial charge in [-0.1, -0.05) is 17.7 Å². The van der Waals surface area contributed by atoms with E-state index < -0.39 is 10.0 Å². The van der Waals surface area contributed by atoms with Gasteiger partial charge in [0.1, 0.15) is 5.75 Å². The number of nitrogens with zero attached hydrogens (tertiary/aromatic N) is 1. The van der Waals surface area contributed by atoms with Gasteiger partial charge in [0.05, 0.1) is 12.0 Å². The molecule has 0 spiro atoms. The second kappa shape index (κ2) is 8.07. The third-order valence-electron chi connectivity index (χ3n) is 3.83. The molecular formula is C18H21ClN2O4S. The summed E-state index contributed by atoms with van der Waals surface area (Å²) in [5.74, 6) is 0.286. The van der Waals surface area contributed by atoms with Gasteiger partial charge in [-0.15, -0.1) is 0 Å². The summed E-state index contributed by atoms with van der Waals surface area (Å²) in [5.41, 5.74) is 1.67. The topological polar surface area (TPSA) is 75.7 Å². The first-order chi connectivity index (χ1) is 12.1. The van der Waals surface area contributed by atoms with Crippen LogP contribution in [0.2, 0.25) is 5.02 Å². The Hall–Kier alpha value is -2.09. The fraction of sp³-hybridized carbons (Fsp3) is 0.278. The first-order valence-corrected chi connectivity index (χ1v) is 9.64. The van der Waals surface area contributed by atoms with Crippen LogP contribution in [0.3, 0.4) is 0 Å². The number of nitrogens with one attached hydrogen (secondary N) is 1. The van der Waals surface area contributed by atoms with E-state index in [9.17, 15) is 13.2 Å². The maximum Gasteiger partial charge on any atom is 0.243 e. The normalized spacial score (nSPS) is 11.5. The molecule has 0 aliphatic heterocycles. The monoisotopic (exact) mass is 396 g/mol. The SMILES string of the molecule is COc1ccc(Cl)cc1CN(C)S(=O)(=O)c1cc(NC(C)=O)ccc1C. The van der Waals surface area contributed by atoms with E-state index in [1.165, 1.54) is 31.5 Å². The van der Waals surface area contributed by atoms with Crippen LogP contribution in [0.4, 0.5) is 5.69 Å². The van der Waals surface area contributed by atoms with Crippen molar-refractivity contribution in [3.63, 3.8) is 0 Å². The number of ether oxygens (including phenoxy) is 1. The van der Waals surface area contributed by atoms with Crippen molar-refractivity contribution in [2.45, 2.75) is 25.3 Å². The Morgan fingerprint density at radius 3 is 2.54 bits per heavy atom. The highest BCUT2D eigenvalue weighted by Gasteiger charge is 2.24. The molecule has 0 unspecified atom stereocenters. The largest absolute Gasteiger partial charge is 0.496 e. The molecule has 0 bridgehead atoms. The summed E-state index contributed by atoms with van der Waals surface area (Å²) in [6, 6.07) is 9.83. The number of hydrogen-bond donors (Lipinski definition) is 1. The van der Waals surface area contributed by atoms with Gasteiger partial charge in [0.2, 0.25) is 15.9 Å². The Bertz CT molecular complexity index is 929. The molecule has 0 aliphatic rings. The molecule has 0 saturated heterocycles. The minimum atomic E-state index is -3.78. The van der Waals surface area contributed by atoms with E-state index in [1.54, 1.807) is 37.3 Å². The second-order valence-electron chi connectivity index (χ2n) is 5.88. The highest BCUT2D eigenvalue weighted by atomic mass is 35.5. The predicted octanol–water partition coefficient (Wildman–Crippen LogP) is 3.44. The average molecular weight is 397 g/mol. The van der Waals surface area contributed by atoms with Crippen molar-refractivity contribution in [3.05, 3.63) is 52.5 Å². The molecule has 0 saturated carbocycles. The van der Waals surface area contributed by atoms with Crippen molar-refractivity contribution in [1.82, 2.24) is 4.31 Å². The van der Waals surface area contributed by atoms with Crippen molar-refractivity contribution in [2.75, 3.05) is 19.5 Å². The van der Waals surface area contributed by atoms with Crippen LogP contribution in [0.15, 0.2) is 41.3 Å². The standard InChI is InChI=1S/C18H21ClN2O4S/c1-12-5-7-16(20-13(2)22)10-18(12)26(23,24)21(3)11-14-9-15(19)6-8-17(14)25-4/h5-10H,11H2,1-4H3,(H,20,22). The van der Waals surface area contributed by atoms with Gasteiger partial charge in [-0.3, -0.25) is 4.79 Å². The van der Waals surface area contributed by atoms with E-state index >= 15 is 0 Å². The fourth-order valence-corrected chi connectivity index (χ4v) is 4.11. The molecule has 2 rings (SSSR count). The molecule has 0 atom stereocenters. The van der Waals surface area contributed by atoms with Crippen LogP contribution in [0.5, 0.6) is 5.75 Å². The third-order valence-corrected chi connectivity index (χ3v) is 6.01. The van der Waals surface area contributed by atoms with Crippen LogP contribution >= 0.6 is 11.6 Å². The molecule has 1 N–H and O–H groups in total. The van der Waals surface area contributed by atoms with Crippen LogP contribution in [-0.2, 0) is 21.4 Å². The van der Waals surface area contributed by atoms with Gasteiger partial charge in [-0.25, -0.2) is 8.42 Å². The van der Waals surface area contributed by atoms with Gasteiger partial charge in [0.15, 0.2) is 0 Å². The number of rotatable bonds is 6. The summed E-state index contributed by atoms with van der Waals surface area (Å²) < 4.78 is 32.5. The molecule has 0 heterocycles. The number of amides is 1.